The molecular weight excluding hydrogens is 406 g/mol. The molecule has 0 unspecified atom stereocenters. The number of halogens is 1. The molecule has 144 valence electrons. The van der Waals surface area contributed by atoms with Gasteiger partial charge in [0.1, 0.15) is 12.7 Å². The van der Waals surface area contributed by atoms with Gasteiger partial charge in [-0.2, -0.15) is 5.10 Å². The van der Waals surface area contributed by atoms with Crippen LogP contribution in [0, 0.1) is 0 Å². The summed E-state index contributed by atoms with van der Waals surface area (Å²) in [7, 11) is 0. The number of amides is 1. The van der Waals surface area contributed by atoms with Crippen LogP contribution in [0.25, 0.3) is 5.82 Å². The maximum absolute atomic E-state index is 12.7. The Morgan fingerprint density at radius 3 is 2.59 bits per heavy atom. The zero-order chi connectivity index (χ0) is 20.1. The van der Waals surface area contributed by atoms with Gasteiger partial charge in [-0.25, -0.2) is 14.6 Å². The van der Waals surface area contributed by atoms with Crippen molar-refractivity contribution in [2.45, 2.75) is 10.6 Å². The number of nitrogens with zero attached hydrogens (tertiary/aromatic N) is 4. The first kappa shape index (κ1) is 19.2. The molecule has 0 fully saturated rings. The van der Waals surface area contributed by atoms with Crippen molar-refractivity contribution in [1.82, 2.24) is 19.7 Å². The van der Waals surface area contributed by atoms with E-state index in [1.165, 1.54) is 17.3 Å². The van der Waals surface area contributed by atoms with E-state index in [4.69, 9.17) is 11.6 Å². The molecule has 8 heteroatoms. The van der Waals surface area contributed by atoms with Gasteiger partial charge in [0.25, 0.3) is 5.91 Å². The minimum absolute atomic E-state index is 0.212. The lowest BCUT2D eigenvalue weighted by atomic mass is 10.1. The van der Waals surface area contributed by atoms with Gasteiger partial charge >= 0.3 is 0 Å². The summed E-state index contributed by atoms with van der Waals surface area (Å²) in [6, 6.07) is 18.8. The Bertz CT molecular complexity index is 1100. The van der Waals surface area contributed by atoms with Crippen molar-refractivity contribution in [3.05, 3.63) is 95.7 Å². The molecule has 1 amide bonds. The minimum atomic E-state index is -0.212. The lowest BCUT2D eigenvalue weighted by Gasteiger charge is -2.10. The predicted octanol–water partition coefficient (Wildman–Crippen LogP) is 4.86. The molecule has 29 heavy (non-hydrogen) atoms. The van der Waals surface area contributed by atoms with Gasteiger partial charge in [0, 0.05) is 27.4 Å². The van der Waals surface area contributed by atoms with Gasteiger partial charge < -0.3 is 5.32 Å². The highest BCUT2D eigenvalue weighted by atomic mass is 35.5. The summed E-state index contributed by atoms with van der Waals surface area (Å²) in [5.74, 6) is 1.10. The van der Waals surface area contributed by atoms with E-state index in [-0.39, 0.29) is 5.91 Å². The number of nitrogens with one attached hydrogen (secondary N) is 1. The van der Waals surface area contributed by atoms with E-state index in [1.807, 2.05) is 48.5 Å². The number of pyridine rings is 1. The summed E-state index contributed by atoms with van der Waals surface area (Å²) < 4.78 is 1.51. The number of benzene rings is 2. The number of hydrogen-bond acceptors (Lipinski definition) is 5. The molecule has 0 saturated carbocycles. The highest BCUT2D eigenvalue weighted by Crippen LogP contribution is 2.24. The average molecular weight is 422 g/mol. The van der Waals surface area contributed by atoms with Crippen molar-refractivity contribution in [1.29, 1.82) is 0 Å². The number of carbonyl (C=O) groups excluding carboxylic acids is 1. The third-order valence-corrected chi connectivity index (χ3v) is 5.44. The lowest BCUT2D eigenvalue weighted by Crippen LogP contribution is -2.14. The maximum Gasteiger partial charge on any atom is 0.255 e. The standard InChI is InChI=1S/C21H16ClN5OS/c22-17-7-9-18(10-8-17)29-12-15-3-5-16(6-4-15)21(28)26-19-2-1-11-24-20(19)27-14-23-13-25-27/h1-11,13-14H,12H2,(H,26,28). The molecular formula is C21H16ClN5OS. The zero-order valence-corrected chi connectivity index (χ0v) is 16.8. The maximum atomic E-state index is 12.7. The highest BCUT2D eigenvalue weighted by molar-refractivity contribution is 7.98. The van der Waals surface area contributed by atoms with Gasteiger partial charge in [-0.15, -0.1) is 11.8 Å². The first-order valence-corrected chi connectivity index (χ1v) is 10.1. The predicted molar refractivity (Wildman–Crippen MR) is 115 cm³/mol. The Morgan fingerprint density at radius 1 is 1.07 bits per heavy atom. The van der Waals surface area contributed by atoms with Gasteiger partial charge in [0.15, 0.2) is 5.82 Å². The van der Waals surface area contributed by atoms with E-state index < -0.39 is 0 Å². The van der Waals surface area contributed by atoms with Gasteiger partial charge in [0.2, 0.25) is 0 Å². The van der Waals surface area contributed by atoms with Gasteiger partial charge in [-0.1, -0.05) is 23.7 Å². The summed E-state index contributed by atoms with van der Waals surface area (Å²) in [5, 5.41) is 7.69. The number of anilines is 1. The monoisotopic (exact) mass is 421 g/mol. The molecule has 0 aliphatic carbocycles. The smallest absolute Gasteiger partial charge is 0.255 e. The van der Waals surface area contributed by atoms with Gasteiger partial charge in [0.05, 0.1) is 5.69 Å². The van der Waals surface area contributed by atoms with E-state index in [0.29, 0.717) is 17.1 Å². The Kier molecular flexibility index (Phi) is 5.88. The van der Waals surface area contributed by atoms with Gasteiger partial charge in [-0.3, -0.25) is 4.79 Å². The molecule has 0 radical (unpaired) electrons. The van der Waals surface area contributed by atoms with Crippen LogP contribution in [0.5, 0.6) is 0 Å². The third kappa shape index (κ3) is 4.82. The summed E-state index contributed by atoms with van der Waals surface area (Å²) >= 11 is 7.63. The van der Waals surface area contributed by atoms with Crippen LogP contribution in [0.2, 0.25) is 5.02 Å². The summed E-state index contributed by atoms with van der Waals surface area (Å²) in [5.41, 5.74) is 2.26. The molecule has 2 aromatic carbocycles. The number of rotatable bonds is 6. The number of aromatic nitrogens is 4. The lowest BCUT2D eigenvalue weighted by molar-refractivity contribution is 0.102. The Labute approximate surface area is 177 Å². The van der Waals surface area contributed by atoms with Gasteiger partial charge in [-0.05, 0) is 54.1 Å². The van der Waals surface area contributed by atoms with E-state index in [9.17, 15) is 4.79 Å². The van der Waals surface area contributed by atoms with Crippen molar-refractivity contribution in [2.75, 3.05) is 5.32 Å². The molecule has 0 bridgehead atoms. The molecule has 2 heterocycles. The molecule has 4 rings (SSSR count). The van der Waals surface area contributed by atoms with Crippen molar-refractivity contribution in [3.63, 3.8) is 0 Å². The number of thioether (sulfide) groups is 1. The largest absolute Gasteiger partial charge is 0.319 e. The van der Waals surface area contributed by atoms with E-state index in [1.54, 1.807) is 30.1 Å². The van der Waals surface area contributed by atoms with Crippen molar-refractivity contribution in [3.8, 4) is 5.82 Å². The molecule has 2 aromatic heterocycles. The molecule has 6 nitrogen and oxygen atoms in total. The zero-order valence-electron chi connectivity index (χ0n) is 15.2. The topological polar surface area (TPSA) is 72.7 Å². The molecule has 0 spiro atoms. The second kappa shape index (κ2) is 8.89. The Morgan fingerprint density at radius 2 is 1.86 bits per heavy atom. The van der Waals surface area contributed by atoms with Crippen molar-refractivity contribution >= 4 is 35.0 Å². The van der Waals surface area contributed by atoms with Crippen LogP contribution in [-0.2, 0) is 5.75 Å². The SMILES string of the molecule is O=C(Nc1cccnc1-n1cncn1)c1ccc(CSc2ccc(Cl)cc2)cc1. The fourth-order valence-electron chi connectivity index (χ4n) is 2.64. The van der Waals surface area contributed by atoms with Crippen LogP contribution in [0.1, 0.15) is 15.9 Å². The highest BCUT2D eigenvalue weighted by Gasteiger charge is 2.11. The molecule has 4 aromatic rings. The Hall–Kier alpha value is -3.16. The number of carbonyl (C=O) groups is 1. The van der Waals surface area contributed by atoms with Crippen LogP contribution in [0.3, 0.4) is 0 Å². The molecule has 0 aliphatic heterocycles. The normalized spacial score (nSPS) is 10.7. The van der Waals surface area contributed by atoms with Crippen LogP contribution < -0.4 is 5.32 Å². The number of hydrogen-bond donors (Lipinski definition) is 1. The van der Waals surface area contributed by atoms with Crippen molar-refractivity contribution < 1.29 is 4.79 Å². The van der Waals surface area contributed by atoms with Crippen LogP contribution >= 0.6 is 23.4 Å². The second-order valence-electron chi connectivity index (χ2n) is 6.11. The van der Waals surface area contributed by atoms with Crippen LogP contribution in [-0.4, -0.2) is 25.7 Å². The first-order valence-electron chi connectivity index (χ1n) is 8.78. The quantitative estimate of drug-likeness (QED) is 0.450. The molecule has 0 aliphatic rings. The average Bonchev–Trinajstić information content (AvgIpc) is 3.29. The van der Waals surface area contributed by atoms with Crippen LogP contribution in [0.15, 0.2) is 84.4 Å². The third-order valence-electron chi connectivity index (χ3n) is 4.11. The minimum Gasteiger partial charge on any atom is -0.319 e. The summed E-state index contributed by atoms with van der Waals surface area (Å²) in [6.45, 7) is 0. The summed E-state index contributed by atoms with van der Waals surface area (Å²) in [6.07, 6.45) is 4.59. The summed E-state index contributed by atoms with van der Waals surface area (Å²) in [4.78, 5) is 22.0. The fraction of sp³-hybridized carbons (Fsp3) is 0.0476. The fourth-order valence-corrected chi connectivity index (χ4v) is 3.62. The van der Waals surface area contributed by atoms with E-state index >= 15 is 0 Å². The molecule has 0 atom stereocenters. The Balaban J connectivity index is 1.42. The molecule has 1 N–H and O–H groups in total. The van der Waals surface area contributed by atoms with E-state index in [2.05, 4.69) is 20.4 Å². The van der Waals surface area contributed by atoms with Crippen LogP contribution in [0.4, 0.5) is 5.69 Å². The van der Waals surface area contributed by atoms with E-state index in [0.717, 1.165) is 21.2 Å². The second-order valence-corrected chi connectivity index (χ2v) is 7.59. The first-order chi connectivity index (χ1) is 14.2. The van der Waals surface area contributed by atoms with Crippen molar-refractivity contribution in [2.24, 2.45) is 0 Å². The molecule has 0 saturated heterocycles.